The van der Waals surface area contributed by atoms with Gasteiger partial charge in [-0.25, -0.2) is 0 Å². The molecule has 0 radical (unpaired) electrons. The van der Waals surface area contributed by atoms with Gasteiger partial charge in [0.15, 0.2) is 0 Å². The third-order valence-electron chi connectivity index (χ3n) is 3.73. The topological polar surface area (TPSA) is 30.3 Å². The molecule has 96 valence electrons. The minimum atomic E-state index is 0.134. The van der Waals surface area contributed by atoms with E-state index in [1.807, 2.05) is 12.1 Å². The molecule has 1 saturated heterocycles. The number of rotatable bonds is 1. The normalized spacial score (nSPS) is 19.6. The van der Waals surface area contributed by atoms with E-state index in [-0.39, 0.29) is 5.54 Å². The van der Waals surface area contributed by atoms with Crippen molar-refractivity contribution >= 4 is 17.3 Å². The van der Waals surface area contributed by atoms with Gasteiger partial charge in [-0.05, 0) is 39.1 Å². The molecule has 3 nitrogen and oxygen atoms in total. The molecular formula is C14H18ClN3. The smallest absolute Gasteiger partial charge is 0.0992 e. The summed E-state index contributed by atoms with van der Waals surface area (Å²) in [5, 5.41) is 9.51. The number of piperazine rings is 1. The molecule has 0 N–H and O–H groups in total. The summed E-state index contributed by atoms with van der Waals surface area (Å²) in [6, 6.07) is 7.62. The van der Waals surface area contributed by atoms with Gasteiger partial charge < -0.3 is 4.90 Å². The SMILES string of the molecule is CN1CCN(c2ccc(C#N)cc2Cl)CC1(C)C. The monoisotopic (exact) mass is 263 g/mol. The molecule has 2 rings (SSSR count). The van der Waals surface area contributed by atoms with E-state index >= 15 is 0 Å². The zero-order valence-corrected chi connectivity index (χ0v) is 11.8. The Bertz CT molecular complexity index is 490. The van der Waals surface area contributed by atoms with Gasteiger partial charge in [0.25, 0.3) is 0 Å². The number of nitriles is 1. The molecule has 1 aliphatic heterocycles. The predicted molar refractivity (Wildman–Crippen MR) is 75.1 cm³/mol. The number of benzene rings is 1. The van der Waals surface area contributed by atoms with Crippen LogP contribution in [0.15, 0.2) is 18.2 Å². The van der Waals surface area contributed by atoms with E-state index in [4.69, 9.17) is 16.9 Å². The van der Waals surface area contributed by atoms with Gasteiger partial charge in [-0.2, -0.15) is 5.26 Å². The number of nitrogens with zero attached hydrogens (tertiary/aromatic N) is 3. The summed E-state index contributed by atoms with van der Waals surface area (Å²) >= 11 is 6.26. The van der Waals surface area contributed by atoms with Crippen molar-refractivity contribution in [1.82, 2.24) is 4.90 Å². The van der Waals surface area contributed by atoms with Crippen molar-refractivity contribution in [3.8, 4) is 6.07 Å². The zero-order chi connectivity index (χ0) is 13.3. The first-order chi connectivity index (χ1) is 8.44. The van der Waals surface area contributed by atoms with E-state index < -0.39 is 0 Å². The molecule has 1 fully saturated rings. The molecule has 0 saturated carbocycles. The summed E-state index contributed by atoms with van der Waals surface area (Å²) in [4.78, 5) is 4.66. The Morgan fingerprint density at radius 2 is 2.06 bits per heavy atom. The van der Waals surface area contributed by atoms with E-state index in [2.05, 4.69) is 36.8 Å². The molecule has 4 heteroatoms. The largest absolute Gasteiger partial charge is 0.367 e. The van der Waals surface area contributed by atoms with E-state index in [1.165, 1.54) is 0 Å². The number of hydrogen-bond donors (Lipinski definition) is 0. The van der Waals surface area contributed by atoms with E-state index in [9.17, 15) is 0 Å². The van der Waals surface area contributed by atoms with E-state index in [0.29, 0.717) is 10.6 Å². The van der Waals surface area contributed by atoms with Gasteiger partial charge >= 0.3 is 0 Å². The minimum Gasteiger partial charge on any atom is -0.367 e. The van der Waals surface area contributed by atoms with Crippen molar-refractivity contribution in [3.05, 3.63) is 28.8 Å². The lowest BCUT2D eigenvalue weighted by molar-refractivity contribution is 0.139. The second-order valence-corrected chi connectivity index (χ2v) is 5.84. The van der Waals surface area contributed by atoms with Crippen LogP contribution < -0.4 is 4.90 Å². The first-order valence-electron chi connectivity index (χ1n) is 6.10. The second kappa shape index (κ2) is 4.79. The highest BCUT2D eigenvalue weighted by molar-refractivity contribution is 6.33. The molecular weight excluding hydrogens is 246 g/mol. The van der Waals surface area contributed by atoms with Gasteiger partial charge in [0.2, 0.25) is 0 Å². The fraction of sp³-hybridized carbons (Fsp3) is 0.500. The Balaban J connectivity index is 2.26. The van der Waals surface area contributed by atoms with Gasteiger partial charge in [0.05, 0.1) is 22.3 Å². The van der Waals surface area contributed by atoms with Crippen molar-refractivity contribution in [2.75, 3.05) is 31.6 Å². The van der Waals surface area contributed by atoms with E-state index in [1.54, 1.807) is 6.07 Å². The van der Waals surface area contributed by atoms with Crippen LogP contribution in [0.25, 0.3) is 0 Å². The summed E-state index contributed by atoms with van der Waals surface area (Å²) in [5.41, 5.74) is 1.77. The number of likely N-dealkylation sites (N-methyl/N-ethyl adjacent to an activating group) is 1. The highest BCUT2D eigenvalue weighted by Gasteiger charge is 2.31. The quantitative estimate of drug-likeness (QED) is 0.781. The lowest BCUT2D eigenvalue weighted by Gasteiger charge is -2.46. The number of anilines is 1. The van der Waals surface area contributed by atoms with Crippen molar-refractivity contribution in [3.63, 3.8) is 0 Å². The van der Waals surface area contributed by atoms with Crippen LogP contribution in [-0.2, 0) is 0 Å². The van der Waals surface area contributed by atoms with Crippen molar-refractivity contribution in [1.29, 1.82) is 5.26 Å². The summed E-state index contributed by atoms with van der Waals surface area (Å²) < 4.78 is 0. The summed E-state index contributed by atoms with van der Waals surface area (Å²) in [5.74, 6) is 0. The van der Waals surface area contributed by atoms with Crippen LogP contribution in [0, 0.1) is 11.3 Å². The van der Waals surface area contributed by atoms with Crippen LogP contribution in [-0.4, -0.2) is 37.1 Å². The molecule has 0 aliphatic carbocycles. The number of halogens is 1. The van der Waals surface area contributed by atoms with Crippen LogP contribution in [0.2, 0.25) is 5.02 Å². The van der Waals surface area contributed by atoms with Gasteiger partial charge in [-0.1, -0.05) is 11.6 Å². The first-order valence-corrected chi connectivity index (χ1v) is 6.48. The highest BCUT2D eigenvalue weighted by Crippen LogP contribution is 2.30. The molecule has 0 spiro atoms. The maximum atomic E-state index is 8.85. The molecule has 18 heavy (non-hydrogen) atoms. The summed E-state index contributed by atoms with van der Waals surface area (Å²) in [6.07, 6.45) is 0. The highest BCUT2D eigenvalue weighted by atomic mass is 35.5. The molecule has 0 unspecified atom stereocenters. The van der Waals surface area contributed by atoms with Crippen LogP contribution in [0.4, 0.5) is 5.69 Å². The average Bonchev–Trinajstić information content (AvgIpc) is 2.32. The maximum Gasteiger partial charge on any atom is 0.0992 e. The standard InChI is InChI=1S/C14H18ClN3/c1-14(2)10-18(7-6-17(14)3)13-5-4-11(9-16)8-12(13)15/h4-5,8H,6-7,10H2,1-3H3. The van der Waals surface area contributed by atoms with Gasteiger partial charge in [0.1, 0.15) is 0 Å². The van der Waals surface area contributed by atoms with E-state index in [0.717, 1.165) is 25.3 Å². The van der Waals surface area contributed by atoms with Crippen LogP contribution in [0.5, 0.6) is 0 Å². The first kappa shape index (κ1) is 13.2. The second-order valence-electron chi connectivity index (χ2n) is 5.43. The molecule has 0 atom stereocenters. The van der Waals surface area contributed by atoms with Crippen LogP contribution in [0.3, 0.4) is 0 Å². The van der Waals surface area contributed by atoms with Gasteiger partial charge in [-0.15, -0.1) is 0 Å². The molecule has 1 heterocycles. The molecule has 0 bridgehead atoms. The van der Waals surface area contributed by atoms with Gasteiger partial charge in [0, 0.05) is 25.2 Å². The number of hydrogen-bond acceptors (Lipinski definition) is 3. The van der Waals surface area contributed by atoms with Crippen molar-refractivity contribution in [2.24, 2.45) is 0 Å². The summed E-state index contributed by atoms with van der Waals surface area (Å²) in [6.45, 7) is 7.39. The molecule has 1 aromatic carbocycles. The Hall–Kier alpha value is -1.24. The Morgan fingerprint density at radius 1 is 1.33 bits per heavy atom. The molecule has 1 aliphatic rings. The Labute approximate surface area is 114 Å². The van der Waals surface area contributed by atoms with Crippen LogP contribution in [0.1, 0.15) is 19.4 Å². The molecule has 0 aromatic heterocycles. The Morgan fingerprint density at radius 3 is 2.61 bits per heavy atom. The maximum absolute atomic E-state index is 8.85. The van der Waals surface area contributed by atoms with Crippen molar-refractivity contribution < 1.29 is 0 Å². The lowest BCUT2D eigenvalue weighted by atomic mass is 9.99. The van der Waals surface area contributed by atoms with Gasteiger partial charge in [-0.3, -0.25) is 4.90 Å². The third-order valence-corrected chi connectivity index (χ3v) is 4.04. The van der Waals surface area contributed by atoms with Crippen LogP contribution >= 0.6 is 11.6 Å². The average molecular weight is 264 g/mol. The fourth-order valence-corrected chi connectivity index (χ4v) is 2.58. The summed E-state index contributed by atoms with van der Waals surface area (Å²) in [7, 11) is 2.15. The predicted octanol–water partition coefficient (Wildman–Crippen LogP) is 2.74. The minimum absolute atomic E-state index is 0.134. The zero-order valence-electron chi connectivity index (χ0n) is 11.1. The molecule has 1 aromatic rings. The lowest BCUT2D eigenvalue weighted by Crippen LogP contribution is -2.57. The third kappa shape index (κ3) is 2.45. The Kier molecular flexibility index (Phi) is 3.52. The molecule has 0 amide bonds. The fourth-order valence-electron chi connectivity index (χ4n) is 2.28. The van der Waals surface area contributed by atoms with Crippen molar-refractivity contribution in [2.45, 2.75) is 19.4 Å².